The summed E-state index contributed by atoms with van der Waals surface area (Å²) in [5.74, 6) is -0.321. The highest BCUT2D eigenvalue weighted by Crippen LogP contribution is 2.24. The Labute approximate surface area is 115 Å². The van der Waals surface area contributed by atoms with Crippen molar-refractivity contribution in [2.24, 2.45) is 0 Å². The van der Waals surface area contributed by atoms with E-state index in [9.17, 15) is 18.0 Å². The van der Waals surface area contributed by atoms with Crippen LogP contribution >= 0.6 is 0 Å². The van der Waals surface area contributed by atoms with Crippen molar-refractivity contribution in [1.82, 2.24) is 19.5 Å². The minimum Gasteiger partial charge on any atom is -0.329 e. The van der Waals surface area contributed by atoms with Gasteiger partial charge in [-0.2, -0.15) is 4.31 Å². The number of urea groups is 1. The predicted molar refractivity (Wildman–Crippen MR) is 67.0 cm³/mol. The van der Waals surface area contributed by atoms with Crippen LogP contribution in [0.5, 0.6) is 0 Å². The zero-order valence-electron chi connectivity index (χ0n) is 10.4. The number of nitrogens with zero attached hydrogens (tertiary/aromatic N) is 3. The second-order valence-corrected chi connectivity index (χ2v) is 6.52. The first-order chi connectivity index (χ1) is 9.50. The third-order valence-electron chi connectivity index (χ3n) is 3.34. The van der Waals surface area contributed by atoms with Crippen LogP contribution in [0.3, 0.4) is 0 Å². The molecule has 20 heavy (non-hydrogen) atoms. The molecule has 0 aliphatic carbocycles. The number of pyridine rings is 1. The lowest BCUT2D eigenvalue weighted by atomic mass is 10.1. The number of carbonyl (C=O) groups excluding carboxylic acids is 2. The Balaban J connectivity index is 1.72. The Bertz CT molecular complexity index is 638. The minimum absolute atomic E-state index is 0.0231. The first kappa shape index (κ1) is 13.0. The molecule has 2 fully saturated rings. The molecule has 2 aliphatic heterocycles. The Morgan fingerprint density at radius 3 is 2.60 bits per heavy atom. The lowest BCUT2D eigenvalue weighted by Gasteiger charge is -2.41. The van der Waals surface area contributed by atoms with E-state index in [1.54, 1.807) is 6.07 Å². The van der Waals surface area contributed by atoms with Gasteiger partial charge in [0, 0.05) is 25.5 Å². The van der Waals surface area contributed by atoms with E-state index < -0.39 is 22.1 Å². The Kier molecular flexibility index (Phi) is 2.94. The van der Waals surface area contributed by atoms with Crippen LogP contribution in [-0.2, 0) is 14.8 Å². The highest BCUT2D eigenvalue weighted by atomic mass is 32.2. The second kappa shape index (κ2) is 4.53. The lowest BCUT2D eigenvalue weighted by Crippen LogP contribution is -2.62. The number of nitrogens with one attached hydrogen (secondary N) is 1. The summed E-state index contributed by atoms with van der Waals surface area (Å²) in [6.45, 7) is 0.220. The summed E-state index contributed by atoms with van der Waals surface area (Å²) in [4.78, 5) is 27.9. The van der Waals surface area contributed by atoms with E-state index in [4.69, 9.17) is 0 Å². The third-order valence-corrected chi connectivity index (χ3v) is 5.16. The van der Waals surface area contributed by atoms with Gasteiger partial charge in [-0.3, -0.25) is 14.7 Å². The number of hydrogen-bond donors (Lipinski definition) is 1. The van der Waals surface area contributed by atoms with Crippen molar-refractivity contribution in [3.05, 3.63) is 24.5 Å². The summed E-state index contributed by atoms with van der Waals surface area (Å²) in [6.07, 6.45) is 2.77. The van der Waals surface area contributed by atoms with Gasteiger partial charge < -0.3 is 5.32 Å². The Morgan fingerprint density at radius 2 is 2.05 bits per heavy atom. The van der Waals surface area contributed by atoms with E-state index in [2.05, 4.69) is 10.3 Å². The molecule has 0 atom stereocenters. The molecule has 3 amide bonds. The zero-order chi connectivity index (χ0) is 14.3. The van der Waals surface area contributed by atoms with Gasteiger partial charge in [-0.25, -0.2) is 13.2 Å². The number of aromatic nitrogens is 1. The maximum absolute atomic E-state index is 12.2. The van der Waals surface area contributed by atoms with Crippen LogP contribution < -0.4 is 5.32 Å². The van der Waals surface area contributed by atoms with Gasteiger partial charge in [-0.15, -0.1) is 0 Å². The molecule has 106 valence electrons. The molecule has 0 radical (unpaired) electrons. The molecular formula is C11H12N4O4S. The maximum atomic E-state index is 12.2. The molecule has 3 heterocycles. The molecule has 9 heteroatoms. The lowest BCUT2D eigenvalue weighted by molar-refractivity contribution is -0.128. The number of imide groups is 1. The average molecular weight is 296 g/mol. The van der Waals surface area contributed by atoms with Gasteiger partial charge >= 0.3 is 6.03 Å². The first-order valence-electron chi connectivity index (χ1n) is 6.00. The molecule has 2 saturated heterocycles. The fraction of sp³-hybridized carbons (Fsp3) is 0.364. The second-order valence-electron chi connectivity index (χ2n) is 4.59. The topological polar surface area (TPSA) is 99.7 Å². The van der Waals surface area contributed by atoms with Crippen LogP contribution in [0.25, 0.3) is 0 Å². The average Bonchev–Trinajstić information content (AvgIpc) is 2.70. The minimum atomic E-state index is -3.60. The Hall–Kier alpha value is -2.00. The van der Waals surface area contributed by atoms with Crippen molar-refractivity contribution >= 4 is 22.0 Å². The SMILES string of the molecule is O=C1CNC(=O)N1C1CN(S(=O)(=O)c2cccnc2)C1. The van der Waals surface area contributed by atoms with Crippen molar-refractivity contribution in [1.29, 1.82) is 0 Å². The number of rotatable bonds is 3. The van der Waals surface area contributed by atoms with Crippen molar-refractivity contribution in [3.63, 3.8) is 0 Å². The van der Waals surface area contributed by atoms with Gasteiger partial charge in [-0.05, 0) is 12.1 Å². The van der Waals surface area contributed by atoms with Crippen LogP contribution in [-0.4, -0.2) is 60.2 Å². The molecule has 1 aromatic rings. The molecule has 0 spiro atoms. The normalized spacial score (nSPS) is 20.9. The maximum Gasteiger partial charge on any atom is 0.324 e. The van der Waals surface area contributed by atoms with E-state index in [-0.39, 0.29) is 30.4 Å². The van der Waals surface area contributed by atoms with Gasteiger partial charge in [0.15, 0.2) is 0 Å². The molecule has 1 aromatic heterocycles. The summed E-state index contributed by atoms with van der Waals surface area (Å²) in [7, 11) is -3.60. The molecule has 3 rings (SSSR count). The van der Waals surface area contributed by atoms with Crippen molar-refractivity contribution in [3.8, 4) is 0 Å². The summed E-state index contributed by atoms with van der Waals surface area (Å²) in [6, 6.07) is 2.15. The van der Waals surface area contributed by atoms with Crippen LogP contribution in [0.1, 0.15) is 0 Å². The number of sulfonamides is 1. The summed E-state index contributed by atoms with van der Waals surface area (Å²) in [5, 5.41) is 2.41. The van der Waals surface area contributed by atoms with E-state index >= 15 is 0 Å². The largest absolute Gasteiger partial charge is 0.329 e. The summed E-state index contributed by atoms with van der Waals surface area (Å²) >= 11 is 0. The monoisotopic (exact) mass is 296 g/mol. The van der Waals surface area contributed by atoms with Crippen LogP contribution in [0.15, 0.2) is 29.4 Å². The highest BCUT2D eigenvalue weighted by molar-refractivity contribution is 7.89. The quantitative estimate of drug-likeness (QED) is 0.722. The molecular weight excluding hydrogens is 284 g/mol. The van der Waals surface area contributed by atoms with Crippen molar-refractivity contribution in [2.75, 3.05) is 19.6 Å². The number of amides is 3. The fourth-order valence-corrected chi connectivity index (χ4v) is 3.71. The number of carbonyl (C=O) groups is 2. The molecule has 0 aromatic carbocycles. The van der Waals surface area contributed by atoms with Gasteiger partial charge in [0.2, 0.25) is 15.9 Å². The van der Waals surface area contributed by atoms with Crippen LogP contribution in [0.4, 0.5) is 4.79 Å². The smallest absolute Gasteiger partial charge is 0.324 e. The summed E-state index contributed by atoms with van der Waals surface area (Å²) < 4.78 is 25.7. The van der Waals surface area contributed by atoms with E-state index in [1.807, 2.05) is 0 Å². The zero-order valence-corrected chi connectivity index (χ0v) is 11.2. The van der Waals surface area contributed by atoms with Crippen LogP contribution in [0, 0.1) is 0 Å². The van der Waals surface area contributed by atoms with Crippen LogP contribution in [0.2, 0.25) is 0 Å². The van der Waals surface area contributed by atoms with Crippen molar-refractivity contribution < 1.29 is 18.0 Å². The third kappa shape index (κ3) is 1.95. The molecule has 0 saturated carbocycles. The van der Waals surface area contributed by atoms with Crippen molar-refractivity contribution in [2.45, 2.75) is 10.9 Å². The van der Waals surface area contributed by atoms with Gasteiger partial charge in [0.05, 0.1) is 12.6 Å². The molecule has 1 N–H and O–H groups in total. The van der Waals surface area contributed by atoms with E-state index in [1.165, 1.54) is 22.8 Å². The molecule has 2 aliphatic rings. The fourth-order valence-electron chi connectivity index (χ4n) is 2.23. The summed E-state index contributed by atoms with van der Waals surface area (Å²) in [5.41, 5.74) is 0. The standard InChI is InChI=1S/C11H12N4O4S/c16-10-5-13-11(17)15(10)8-6-14(7-8)20(18,19)9-2-1-3-12-4-9/h1-4,8H,5-7H2,(H,13,17). The van der Waals surface area contributed by atoms with E-state index in [0.717, 1.165) is 4.90 Å². The van der Waals surface area contributed by atoms with Gasteiger partial charge in [0.25, 0.3) is 0 Å². The Morgan fingerprint density at radius 1 is 1.30 bits per heavy atom. The van der Waals surface area contributed by atoms with Gasteiger partial charge in [0.1, 0.15) is 4.90 Å². The van der Waals surface area contributed by atoms with Gasteiger partial charge in [-0.1, -0.05) is 0 Å². The molecule has 0 bridgehead atoms. The predicted octanol–water partition coefficient (Wildman–Crippen LogP) is -0.994. The molecule has 0 unspecified atom stereocenters. The number of hydrogen-bond acceptors (Lipinski definition) is 5. The first-order valence-corrected chi connectivity index (χ1v) is 7.44. The molecule has 8 nitrogen and oxygen atoms in total. The van der Waals surface area contributed by atoms with E-state index in [0.29, 0.717) is 0 Å². The highest BCUT2D eigenvalue weighted by Gasteiger charge is 2.45.